The summed E-state index contributed by atoms with van der Waals surface area (Å²) in [4.78, 5) is 20.0. The number of nitrogens with zero attached hydrogens (tertiary/aromatic N) is 3. The minimum absolute atomic E-state index is 0.0609. The summed E-state index contributed by atoms with van der Waals surface area (Å²) in [7, 11) is 0. The molecule has 1 amide bonds. The summed E-state index contributed by atoms with van der Waals surface area (Å²) in [5.41, 5.74) is 3.78. The van der Waals surface area contributed by atoms with Crippen LogP contribution in [0, 0.1) is 16.7 Å². The highest BCUT2D eigenvalue weighted by molar-refractivity contribution is 9.10. The Labute approximate surface area is 223 Å². The van der Waals surface area contributed by atoms with Crippen LogP contribution in [0.5, 0.6) is 0 Å². The van der Waals surface area contributed by atoms with E-state index in [-0.39, 0.29) is 5.91 Å². The second-order valence-corrected chi connectivity index (χ2v) is 10.2. The van der Waals surface area contributed by atoms with E-state index in [0.29, 0.717) is 42.9 Å². The monoisotopic (exact) mass is 553 g/mol. The van der Waals surface area contributed by atoms with E-state index in [9.17, 15) is 10.1 Å². The van der Waals surface area contributed by atoms with E-state index in [2.05, 4.69) is 33.6 Å². The number of likely N-dealkylation sites (tertiary alicyclic amines) is 1. The molecule has 0 aromatic heterocycles. The SMILES string of the molecule is C=C\C=C/C(C(=O)N1CCC(C#N)(Cc2ccc(Cl)cc2Br)CC1)=C(C)/C(=C/C=C(C)C)N=CC. The van der Waals surface area contributed by atoms with E-state index in [1.807, 2.05) is 62.9 Å². The third kappa shape index (κ3) is 7.92. The molecule has 0 radical (unpaired) electrons. The average Bonchev–Trinajstić information content (AvgIpc) is 2.83. The van der Waals surface area contributed by atoms with Crippen molar-refractivity contribution in [1.82, 2.24) is 4.90 Å². The van der Waals surface area contributed by atoms with Gasteiger partial charge in [-0.15, -0.1) is 0 Å². The van der Waals surface area contributed by atoms with Crippen LogP contribution in [0.1, 0.15) is 46.1 Å². The molecule has 0 atom stereocenters. The van der Waals surface area contributed by atoms with Crippen molar-refractivity contribution in [3.05, 3.63) is 92.6 Å². The van der Waals surface area contributed by atoms with Crippen LogP contribution < -0.4 is 0 Å². The normalized spacial score (nSPS) is 16.7. The highest BCUT2D eigenvalue weighted by Crippen LogP contribution is 2.37. The van der Waals surface area contributed by atoms with Crippen LogP contribution in [0.25, 0.3) is 0 Å². The van der Waals surface area contributed by atoms with Crippen LogP contribution in [0.2, 0.25) is 5.02 Å². The van der Waals surface area contributed by atoms with Crippen LogP contribution in [-0.2, 0) is 11.2 Å². The average molecular weight is 555 g/mol. The molecule has 0 unspecified atom stereocenters. The maximum atomic E-state index is 13.6. The van der Waals surface area contributed by atoms with Crippen LogP contribution in [0.15, 0.2) is 87.0 Å². The molecule has 1 aromatic rings. The summed E-state index contributed by atoms with van der Waals surface area (Å²) in [6, 6.07) is 8.21. The van der Waals surface area contributed by atoms with Crippen molar-refractivity contribution in [2.24, 2.45) is 10.4 Å². The number of amides is 1. The summed E-state index contributed by atoms with van der Waals surface area (Å²) in [5.74, 6) is -0.0609. The van der Waals surface area contributed by atoms with Gasteiger partial charge >= 0.3 is 0 Å². The van der Waals surface area contributed by atoms with Crippen molar-refractivity contribution in [1.29, 1.82) is 5.26 Å². The number of piperidine rings is 1. The molecule has 35 heavy (non-hydrogen) atoms. The molecule has 0 bridgehead atoms. The Hall–Kier alpha value is -2.68. The molecule has 1 saturated heterocycles. The largest absolute Gasteiger partial charge is 0.339 e. The number of allylic oxidation sites excluding steroid dienone is 6. The zero-order valence-corrected chi connectivity index (χ0v) is 23.3. The standard InChI is InChI=1S/C29H33BrClN3O/c1-6-8-9-25(22(5)27(33-7-2)13-10-21(3)4)28(35)34-16-14-29(20-32,15-17-34)19-23-11-12-24(31)18-26(23)30/h6-13,18H,1,14-17,19H2,2-5H3/b9-8-,25-22-,27-13-,33-7?. The number of carbonyl (C=O) groups is 1. The Kier molecular flexibility index (Phi) is 10.9. The van der Waals surface area contributed by atoms with E-state index in [1.54, 1.807) is 24.4 Å². The first kappa shape index (κ1) is 28.6. The van der Waals surface area contributed by atoms with Crippen LogP contribution in [-0.4, -0.2) is 30.1 Å². The van der Waals surface area contributed by atoms with Crippen molar-refractivity contribution < 1.29 is 4.79 Å². The van der Waals surface area contributed by atoms with Crippen molar-refractivity contribution in [2.75, 3.05) is 13.1 Å². The molecule has 0 aliphatic carbocycles. The molecule has 1 aliphatic heterocycles. The molecule has 184 valence electrons. The molecular formula is C29H33BrClN3O. The molecule has 6 heteroatoms. The predicted molar refractivity (Wildman–Crippen MR) is 150 cm³/mol. The molecule has 1 heterocycles. The summed E-state index contributed by atoms with van der Waals surface area (Å²) in [6.07, 6.45) is 12.7. The molecule has 0 spiro atoms. The van der Waals surface area contributed by atoms with Gasteiger partial charge in [-0.1, -0.05) is 64.0 Å². The van der Waals surface area contributed by atoms with Gasteiger partial charge < -0.3 is 4.90 Å². The molecule has 4 nitrogen and oxygen atoms in total. The van der Waals surface area contributed by atoms with Gasteiger partial charge in [-0.3, -0.25) is 9.79 Å². The lowest BCUT2D eigenvalue weighted by Crippen LogP contribution is -2.44. The van der Waals surface area contributed by atoms with Crippen LogP contribution in [0.3, 0.4) is 0 Å². The fourth-order valence-corrected chi connectivity index (χ4v) is 4.80. The Bertz CT molecular complexity index is 1140. The fourth-order valence-electron chi connectivity index (χ4n) is 3.97. The Morgan fingerprint density at radius 1 is 1.29 bits per heavy atom. The molecule has 1 aliphatic rings. The molecular weight excluding hydrogens is 522 g/mol. The number of hydrogen-bond acceptors (Lipinski definition) is 3. The lowest BCUT2D eigenvalue weighted by Gasteiger charge is -2.38. The maximum Gasteiger partial charge on any atom is 0.254 e. The zero-order chi connectivity index (χ0) is 26.0. The number of carbonyl (C=O) groups excluding carboxylic acids is 1. The minimum atomic E-state index is -0.524. The topological polar surface area (TPSA) is 56.5 Å². The van der Waals surface area contributed by atoms with E-state index in [0.717, 1.165) is 26.9 Å². The van der Waals surface area contributed by atoms with Crippen molar-refractivity contribution in [2.45, 2.75) is 47.0 Å². The number of aliphatic imine (C=N–C) groups is 1. The number of hydrogen-bond donors (Lipinski definition) is 0. The maximum absolute atomic E-state index is 13.6. The highest BCUT2D eigenvalue weighted by Gasteiger charge is 2.37. The van der Waals surface area contributed by atoms with Crippen molar-refractivity contribution >= 4 is 39.7 Å². The zero-order valence-electron chi connectivity index (χ0n) is 20.9. The van der Waals surface area contributed by atoms with Gasteiger partial charge in [0, 0.05) is 34.4 Å². The summed E-state index contributed by atoms with van der Waals surface area (Å²) in [6.45, 7) is 12.6. The third-order valence-electron chi connectivity index (χ3n) is 6.05. The van der Waals surface area contributed by atoms with Gasteiger partial charge in [0.1, 0.15) is 0 Å². The van der Waals surface area contributed by atoms with E-state index >= 15 is 0 Å². The Morgan fingerprint density at radius 3 is 2.51 bits per heavy atom. The first-order valence-corrected chi connectivity index (χ1v) is 12.8. The highest BCUT2D eigenvalue weighted by atomic mass is 79.9. The van der Waals surface area contributed by atoms with Gasteiger partial charge in [-0.05, 0) is 82.4 Å². The number of rotatable bonds is 8. The second kappa shape index (κ2) is 13.4. The van der Waals surface area contributed by atoms with Gasteiger partial charge in [-0.25, -0.2) is 0 Å². The van der Waals surface area contributed by atoms with Gasteiger partial charge in [0.25, 0.3) is 5.91 Å². The number of nitriles is 1. The molecule has 1 aromatic carbocycles. The van der Waals surface area contributed by atoms with E-state index < -0.39 is 5.41 Å². The minimum Gasteiger partial charge on any atom is -0.339 e. The summed E-state index contributed by atoms with van der Waals surface area (Å²) in [5, 5.41) is 10.7. The Balaban J connectivity index is 2.31. The first-order valence-electron chi connectivity index (χ1n) is 11.6. The lowest BCUT2D eigenvalue weighted by molar-refractivity contribution is -0.128. The smallest absolute Gasteiger partial charge is 0.254 e. The first-order chi connectivity index (χ1) is 16.7. The number of benzene rings is 1. The van der Waals surface area contributed by atoms with Crippen LogP contribution >= 0.6 is 27.5 Å². The summed E-state index contributed by atoms with van der Waals surface area (Å²) >= 11 is 9.65. The van der Waals surface area contributed by atoms with Gasteiger partial charge in [0.2, 0.25) is 0 Å². The van der Waals surface area contributed by atoms with Gasteiger partial charge in [0.15, 0.2) is 0 Å². The predicted octanol–water partition coefficient (Wildman–Crippen LogP) is 7.78. The molecule has 0 N–H and O–H groups in total. The fraction of sp³-hybridized carbons (Fsp3) is 0.345. The molecule has 2 rings (SSSR count). The Morgan fingerprint density at radius 2 is 1.97 bits per heavy atom. The van der Waals surface area contributed by atoms with Gasteiger partial charge in [0.05, 0.1) is 17.2 Å². The molecule has 0 saturated carbocycles. The molecule has 1 fully saturated rings. The van der Waals surface area contributed by atoms with E-state index in [4.69, 9.17) is 11.6 Å². The van der Waals surface area contributed by atoms with Crippen molar-refractivity contribution in [3.8, 4) is 6.07 Å². The quantitative estimate of drug-likeness (QED) is 0.187. The lowest BCUT2D eigenvalue weighted by atomic mass is 9.75. The summed E-state index contributed by atoms with van der Waals surface area (Å²) < 4.78 is 0.903. The van der Waals surface area contributed by atoms with E-state index in [1.165, 1.54) is 0 Å². The van der Waals surface area contributed by atoms with Crippen molar-refractivity contribution in [3.63, 3.8) is 0 Å². The van der Waals surface area contributed by atoms with Gasteiger partial charge in [-0.2, -0.15) is 5.26 Å². The second-order valence-electron chi connectivity index (χ2n) is 8.91. The number of halogens is 2. The van der Waals surface area contributed by atoms with Crippen LogP contribution in [0.4, 0.5) is 0 Å². The third-order valence-corrected chi connectivity index (χ3v) is 7.02.